The van der Waals surface area contributed by atoms with Gasteiger partial charge in [0, 0.05) is 13.5 Å². The lowest BCUT2D eigenvalue weighted by atomic mass is 10.0. The molecule has 0 bridgehead atoms. The Morgan fingerprint density at radius 3 is 2.50 bits per heavy atom. The van der Waals surface area contributed by atoms with E-state index in [-0.39, 0.29) is 5.91 Å². The van der Waals surface area contributed by atoms with Crippen LogP contribution in [0.15, 0.2) is 12.2 Å². The zero-order valence-electron chi connectivity index (χ0n) is 7.68. The highest BCUT2D eigenvalue weighted by Gasteiger charge is 2.09. The Labute approximate surface area is 74.0 Å². The zero-order valence-corrected chi connectivity index (χ0v) is 7.68. The molecule has 0 radical (unpaired) electrons. The van der Waals surface area contributed by atoms with Gasteiger partial charge in [0.2, 0.25) is 5.91 Å². The van der Waals surface area contributed by atoms with E-state index in [9.17, 15) is 4.79 Å². The third kappa shape index (κ3) is 3.56. The minimum absolute atomic E-state index is 0.0900. The number of hydrogen-bond donors (Lipinski definition) is 1. The lowest BCUT2D eigenvalue weighted by Gasteiger charge is -2.13. The SMILES string of the molecule is CC(=O)NCC1CCC=CCC1. The molecular weight excluding hydrogens is 150 g/mol. The van der Waals surface area contributed by atoms with Gasteiger partial charge in [0.05, 0.1) is 0 Å². The van der Waals surface area contributed by atoms with Gasteiger partial charge in [-0.05, 0) is 31.6 Å². The van der Waals surface area contributed by atoms with Crippen LogP contribution in [0.4, 0.5) is 0 Å². The molecule has 0 fully saturated rings. The van der Waals surface area contributed by atoms with Gasteiger partial charge in [0.15, 0.2) is 0 Å². The van der Waals surface area contributed by atoms with Crippen molar-refractivity contribution in [3.8, 4) is 0 Å². The van der Waals surface area contributed by atoms with E-state index in [2.05, 4.69) is 17.5 Å². The van der Waals surface area contributed by atoms with Crippen LogP contribution in [0.1, 0.15) is 32.6 Å². The molecule has 1 aliphatic rings. The molecule has 0 spiro atoms. The molecule has 0 aliphatic heterocycles. The van der Waals surface area contributed by atoms with Gasteiger partial charge in [0.25, 0.3) is 0 Å². The Bertz CT molecular complexity index is 165. The van der Waals surface area contributed by atoms with Crippen molar-refractivity contribution in [2.75, 3.05) is 6.54 Å². The van der Waals surface area contributed by atoms with Crippen molar-refractivity contribution in [3.63, 3.8) is 0 Å². The van der Waals surface area contributed by atoms with E-state index >= 15 is 0 Å². The van der Waals surface area contributed by atoms with Gasteiger partial charge < -0.3 is 5.32 Å². The predicted molar refractivity (Wildman–Crippen MR) is 49.8 cm³/mol. The topological polar surface area (TPSA) is 29.1 Å². The molecule has 0 saturated heterocycles. The van der Waals surface area contributed by atoms with Gasteiger partial charge in [0.1, 0.15) is 0 Å². The second kappa shape index (κ2) is 4.96. The minimum atomic E-state index is 0.0900. The van der Waals surface area contributed by atoms with Crippen LogP contribution >= 0.6 is 0 Å². The molecule has 0 heterocycles. The van der Waals surface area contributed by atoms with Gasteiger partial charge in [-0.1, -0.05) is 12.2 Å². The van der Waals surface area contributed by atoms with Crippen molar-refractivity contribution >= 4 is 5.91 Å². The Morgan fingerprint density at radius 1 is 1.42 bits per heavy atom. The highest BCUT2D eigenvalue weighted by molar-refractivity contribution is 5.72. The molecule has 0 aromatic carbocycles. The fourth-order valence-corrected chi connectivity index (χ4v) is 1.54. The maximum atomic E-state index is 10.6. The largest absolute Gasteiger partial charge is 0.356 e. The summed E-state index contributed by atoms with van der Waals surface area (Å²) in [6, 6.07) is 0. The summed E-state index contributed by atoms with van der Waals surface area (Å²) in [6.07, 6.45) is 9.27. The monoisotopic (exact) mass is 167 g/mol. The van der Waals surface area contributed by atoms with Gasteiger partial charge in [-0.15, -0.1) is 0 Å². The summed E-state index contributed by atoms with van der Waals surface area (Å²) in [6.45, 7) is 2.44. The summed E-state index contributed by atoms with van der Waals surface area (Å²) in [5.74, 6) is 0.774. The van der Waals surface area contributed by atoms with Crippen LogP contribution in [-0.4, -0.2) is 12.5 Å². The molecule has 1 aliphatic carbocycles. The average Bonchev–Trinajstić information content (AvgIpc) is 2.28. The Morgan fingerprint density at radius 2 is 2.00 bits per heavy atom. The smallest absolute Gasteiger partial charge is 0.216 e. The molecule has 12 heavy (non-hydrogen) atoms. The quantitative estimate of drug-likeness (QED) is 0.625. The molecule has 1 rings (SSSR count). The third-order valence-corrected chi connectivity index (χ3v) is 2.29. The first kappa shape index (κ1) is 9.30. The second-order valence-corrected chi connectivity index (χ2v) is 3.43. The van der Waals surface area contributed by atoms with Crippen LogP contribution < -0.4 is 5.32 Å². The number of nitrogens with one attached hydrogen (secondary N) is 1. The molecule has 0 unspecified atom stereocenters. The number of rotatable bonds is 2. The molecule has 2 heteroatoms. The fourth-order valence-electron chi connectivity index (χ4n) is 1.54. The molecule has 0 saturated carbocycles. The van der Waals surface area contributed by atoms with Gasteiger partial charge in [-0.25, -0.2) is 0 Å². The highest BCUT2D eigenvalue weighted by Crippen LogP contribution is 2.17. The average molecular weight is 167 g/mol. The molecule has 0 aromatic rings. The van der Waals surface area contributed by atoms with E-state index < -0.39 is 0 Å². The molecule has 1 amide bonds. The van der Waals surface area contributed by atoms with Crippen LogP contribution in [0.5, 0.6) is 0 Å². The lowest BCUT2D eigenvalue weighted by Crippen LogP contribution is -2.26. The normalized spacial score (nSPS) is 18.8. The molecule has 0 aromatic heterocycles. The van der Waals surface area contributed by atoms with E-state index in [1.165, 1.54) is 25.7 Å². The lowest BCUT2D eigenvalue weighted by molar-refractivity contribution is -0.119. The first-order valence-corrected chi connectivity index (χ1v) is 4.68. The highest BCUT2D eigenvalue weighted by atomic mass is 16.1. The Kier molecular flexibility index (Phi) is 3.85. The first-order valence-electron chi connectivity index (χ1n) is 4.68. The zero-order chi connectivity index (χ0) is 8.81. The standard InChI is InChI=1S/C10H17NO/c1-9(12)11-8-10-6-4-2-3-5-7-10/h2-3,10H,4-8H2,1H3,(H,11,12). The van der Waals surface area contributed by atoms with Gasteiger partial charge in [-0.3, -0.25) is 4.79 Å². The van der Waals surface area contributed by atoms with Crippen molar-refractivity contribution in [1.82, 2.24) is 5.32 Å². The number of amides is 1. The van der Waals surface area contributed by atoms with Crippen molar-refractivity contribution in [2.24, 2.45) is 5.92 Å². The maximum Gasteiger partial charge on any atom is 0.216 e. The summed E-state index contributed by atoms with van der Waals surface area (Å²) >= 11 is 0. The Balaban J connectivity index is 2.19. The van der Waals surface area contributed by atoms with E-state index in [0.29, 0.717) is 5.92 Å². The van der Waals surface area contributed by atoms with E-state index in [1.807, 2.05) is 0 Å². The molecule has 2 nitrogen and oxygen atoms in total. The van der Waals surface area contributed by atoms with Crippen LogP contribution in [0, 0.1) is 5.92 Å². The molecule has 0 atom stereocenters. The number of hydrogen-bond acceptors (Lipinski definition) is 1. The summed E-state index contributed by atoms with van der Waals surface area (Å²) in [5, 5.41) is 2.88. The Hall–Kier alpha value is -0.790. The van der Waals surface area contributed by atoms with Crippen LogP contribution in [0.25, 0.3) is 0 Å². The van der Waals surface area contributed by atoms with Gasteiger partial charge >= 0.3 is 0 Å². The number of allylic oxidation sites excluding steroid dienone is 2. The molecule has 68 valence electrons. The summed E-state index contributed by atoms with van der Waals surface area (Å²) < 4.78 is 0. The second-order valence-electron chi connectivity index (χ2n) is 3.43. The van der Waals surface area contributed by atoms with Crippen molar-refractivity contribution in [3.05, 3.63) is 12.2 Å². The summed E-state index contributed by atoms with van der Waals surface area (Å²) in [4.78, 5) is 10.6. The van der Waals surface area contributed by atoms with Crippen molar-refractivity contribution in [1.29, 1.82) is 0 Å². The van der Waals surface area contributed by atoms with Crippen molar-refractivity contribution < 1.29 is 4.79 Å². The number of carbonyl (C=O) groups is 1. The van der Waals surface area contributed by atoms with E-state index in [1.54, 1.807) is 6.92 Å². The summed E-state index contributed by atoms with van der Waals surface area (Å²) in [5.41, 5.74) is 0. The van der Waals surface area contributed by atoms with Gasteiger partial charge in [-0.2, -0.15) is 0 Å². The minimum Gasteiger partial charge on any atom is -0.356 e. The van der Waals surface area contributed by atoms with Crippen molar-refractivity contribution in [2.45, 2.75) is 32.6 Å². The predicted octanol–water partition coefficient (Wildman–Crippen LogP) is 1.87. The van der Waals surface area contributed by atoms with Crippen LogP contribution in [0.3, 0.4) is 0 Å². The van der Waals surface area contributed by atoms with Crippen LogP contribution in [0.2, 0.25) is 0 Å². The molecule has 1 N–H and O–H groups in total. The first-order chi connectivity index (χ1) is 5.79. The third-order valence-electron chi connectivity index (χ3n) is 2.29. The molecular formula is C10H17NO. The van der Waals surface area contributed by atoms with E-state index in [0.717, 1.165) is 6.54 Å². The van der Waals surface area contributed by atoms with Crippen LogP contribution in [-0.2, 0) is 4.79 Å². The van der Waals surface area contributed by atoms with E-state index in [4.69, 9.17) is 0 Å². The number of carbonyl (C=O) groups excluding carboxylic acids is 1. The summed E-state index contributed by atoms with van der Waals surface area (Å²) in [7, 11) is 0. The maximum absolute atomic E-state index is 10.6. The fraction of sp³-hybridized carbons (Fsp3) is 0.700.